The van der Waals surface area contributed by atoms with E-state index in [-0.39, 0.29) is 0 Å². The molecule has 0 bridgehead atoms. The zero-order valence-electron chi connectivity index (χ0n) is 38.3. The van der Waals surface area contributed by atoms with Crippen molar-refractivity contribution in [2.24, 2.45) is 0 Å². The summed E-state index contributed by atoms with van der Waals surface area (Å²) in [5.74, 6) is 0. The van der Waals surface area contributed by atoms with Gasteiger partial charge in [-0.25, -0.2) is 0 Å². The molecule has 0 atom stereocenters. The zero-order valence-corrected chi connectivity index (χ0v) is 39.3. The van der Waals surface area contributed by atoms with E-state index >= 15 is 0 Å². The van der Waals surface area contributed by atoms with Crippen LogP contribution in [-0.4, -0.2) is 21.8 Å². The maximum absolute atomic E-state index is 3.35. The number of aromatic nitrogens is 3. The van der Waals surface area contributed by atoms with Crippen LogP contribution < -0.4 is 20.7 Å². The van der Waals surface area contributed by atoms with Gasteiger partial charge in [-0.15, -0.1) is 0 Å². The summed E-state index contributed by atoms with van der Waals surface area (Å²) in [6, 6.07) is 102. The van der Waals surface area contributed by atoms with Gasteiger partial charge in [0.15, 0.2) is 8.07 Å². The fourth-order valence-corrected chi connectivity index (χ4v) is 17.1. The molecule has 11 aromatic carbocycles. The highest BCUT2D eigenvalue weighted by Crippen LogP contribution is 2.43. The lowest BCUT2D eigenvalue weighted by molar-refractivity contribution is 1.13. The molecule has 0 aliphatic rings. The number of para-hydroxylation sites is 6. The van der Waals surface area contributed by atoms with Crippen LogP contribution in [0.1, 0.15) is 0 Å². The normalized spacial score (nSPS) is 12.0. The van der Waals surface area contributed by atoms with Crippen molar-refractivity contribution in [3.63, 3.8) is 0 Å². The Morgan fingerprint density at radius 3 is 1.13 bits per heavy atom. The smallest absolute Gasteiger partial charge is 0.184 e. The van der Waals surface area contributed by atoms with Crippen molar-refractivity contribution in [3.05, 3.63) is 273 Å². The molecule has 328 valence electrons. The summed E-state index contributed by atoms with van der Waals surface area (Å²) < 4.78 is 7.76. The average molecular weight is 908 g/mol. The van der Waals surface area contributed by atoms with E-state index in [1.54, 1.807) is 0 Å². The average Bonchev–Trinajstić information content (AvgIpc) is 4.09. The van der Waals surface area contributed by atoms with Gasteiger partial charge in [0.2, 0.25) is 0 Å². The van der Waals surface area contributed by atoms with Gasteiger partial charge in [0.25, 0.3) is 0 Å². The van der Waals surface area contributed by atoms with Gasteiger partial charge in [0.05, 0.1) is 44.5 Å². The van der Waals surface area contributed by atoms with Crippen molar-refractivity contribution in [2.75, 3.05) is 0 Å². The second kappa shape index (κ2) is 16.1. The summed E-state index contributed by atoms with van der Waals surface area (Å²) in [4.78, 5) is 0. The Bertz CT molecular complexity index is 4130. The van der Waals surface area contributed by atoms with Crippen molar-refractivity contribution in [1.82, 2.24) is 13.7 Å². The van der Waals surface area contributed by atoms with Gasteiger partial charge in [0.1, 0.15) is 0 Å². The molecule has 0 fully saturated rings. The number of hydrogen-bond acceptors (Lipinski definition) is 0. The molecule has 3 nitrogen and oxygen atoms in total. The van der Waals surface area contributed by atoms with E-state index < -0.39 is 8.07 Å². The SMILES string of the molecule is c1ccc(-c2ccccc2-n2c3ccccc3c3cccc(-n4c5ccccc5c5ccc(-n6c7ccccc7c7ccccc76)c([Si](c6ccccc6)(c6ccccc6)c6ccccc6)c54)c32)cc1. The van der Waals surface area contributed by atoms with Gasteiger partial charge in [-0.05, 0) is 63.6 Å². The van der Waals surface area contributed by atoms with E-state index in [4.69, 9.17) is 0 Å². The molecule has 0 aliphatic heterocycles. The van der Waals surface area contributed by atoms with Crippen LogP contribution in [0.2, 0.25) is 0 Å². The third kappa shape index (κ3) is 5.81. The van der Waals surface area contributed by atoms with E-state index in [0.717, 1.165) is 22.4 Å². The van der Waals surface area contributed by atoms with Crippen LogP contribution in [0, 0.1) is 0 Å². The van der Waals surface area contributed by atoms with Gasteiger partial charge in [-0.1, -0.05) is 231 Å². The van der Waals surface area contributed by atoms with Crippen LogP contribution in [0.15, 0.2) is 273 Å². The largest absolute Gasteiger partial charge is 0.309 e. The van der Waals surface area contributed by atoms with Crippen molar-refractivity contribution in [1.29, 1.82) is 0 Å². The van der Waals surface area contributed by atoms with Crippen LogP contribution in [0.4, 0.5) is 0 Å². The summed E-state index contributed by atoms with van der Waals surface area (Å²) in [7, 11) is -3.35. The fraction of sp³-hybridized carbons (Fsp3) is 0. The predicted octanol–water partition coefficient (Wildman–Crippen LogP) is 14.0. The second-order valence-electron chi connectivity index (χ2n) is 18.3. The lowest BCUT2D eigenvalue weighted by Crippen LogP contribution is -2.75. The number of hydrogen-bond donors (Lipinski definition) is 0. The van der Waals surface area contributed by atoms with E-state index in [0.29, 0.717) is 0 Å². The molecule has 14 rings (SSSR count). The molecule has 0 radical (unpaired) electrons. The van der Waals surface area contributed by atoms with Crippen molar-refractivity contribution < 1.29 is 0 Å². The van der Waals surface area contributed by atoms with E-state index in [1.807, 2.05) is 0 Å². The van der Waals surface area contributed by atoms with Gasteiger partial charge < -0.3 is 13.7 Å². The van der Waals surface area contributed by atoms with Crippen LogP contribution >= 0.6 is 0 Å². The molecule has 0 spiro atoms. The maximum atomic E-state index is 2.65. The number of nitrogens with zero attached hydrogens (tertiary/aromatic N) is 3. The molecule has 3 heterocycles. The highest BCUT2D eigenvalue weighted by atomic mass is 28.3. The molecular weight excluding hydrogens is 863 g/mol. The topological polar surface area (TPSA) is 14.8 Å². The number of fused-ring (bicyclic) bond motifs is 9. The van der Waals surface area contributed by atoms with Crippen molar-refractivity contribution in [2.45, 2.75) is 0 Å². The fourth-order valence-electron chi connectivity index (χ4n) is 12.0. The lowest BCUT2D eigenvalue weighted by atomic mass is 10.0. The Hall–Kier alpha value is -8.96. The number of rotatable bonds is 8. The first kappa shape index (κ1) is 40.1. The Labute approximate surface area is 407 Å². The highest BCUT2D eigenvalue weighted by Gasteiger charge is 2.46. The van der Waals surface area contributed by atoms with Crippen LogP contribution in [0.5, 0.6) is 0 Å². The van der Waals surface area contributed by atoms with Gasteiger partial charge in [0, 0.05) is 48.8 Å². The summed E-state index contributed by atoms with van der Waals surface area (Å²) in [5.41, 5.74) is 12.9. The van der Waals surface area contributed by atoms with E-state index in [2.05, 4.69) is 287 Å². The Morgan fingerprint density at radius 2 is 0.600 bits per heavy atom. The third-order valence-electron chi connectivity index (χ3n) is 14.8. The molecule has 0 amide bonds. The van der Waals surface area contributed by atoms with Gasteiger partial charge in [-0.3, -0.25) is 0 Å². The molecule has 0 saturated heterocycles. The molecule has 3 aromatic heterocycles. The number of benzene rings is 11. The minimum absolute atomic E-state index is 1.13. The summed E-state index contributed by atoms with van der Waals surface area (Å²) in [6.45, 7) is 0. The molecule has 70 heavy (non-hydrogen) atoms. The lowest BCUT2D eigenvalue weighted by Gasteiger charge is -2.37. The Balaban J connectivity index is 1.25. The first-order valence-electron chi connectivity index (χ1n) is 24.2. The highest BCUT2D eigenvalue weighted by molar-refractivity contribution is 7.21. The molecule has 0 aliphatic carbocycles. The maximum Gasteiger partial charge on any atom is 0.184 e. The second-order valence-corrected chi connectivity index (χ2v) is 22.1. The van der Waals surface area contributed by atoms with Crippen molar-refractivity contribution in [3.8, 4) is 28.2 Å². The zero-order chi connectivity index (χ0) is 46.2. The summed E-state index contributed by atoms with van der Waals surface area (Å²) in [5, 5.41) is 12.6. The summed E-state index contributed by atoms with van der Waals surface area (Å²) in [6.07, 6.45) is 0. The molecule has 0 N–H and O–H groups in total. The van der Waals surface area contributed by atoms with E-state index in [1.165, 1.54) is 91.9 Å². The molecular formula is C66H45N3Si. The first-order valence-corrected chi connectivity index (χ1v) is 26.2. The van der Waals surface area contributed by atoms with Gasteiger partial charge in [-0.2, -0.15) is 0 Å². The third-order valence-corrected chi connectivity index (χ3v) is 19.6. The first-order chi connectivity index (χ1) is 34.8. The molecule has 4 heteroatoms. The molecule has 0 saturated carbocycles. The quantitative estimate of drug-likeness (QED) is 0.107. The molecule has 0 unspecified atom stereocenters. The Kier molecular flexibility index (Phi) is 9.23. The van der Waals surface area contributed by atoms with Crippen LogP contribution in [0.3, 0.4) is 0 Å². The monoisotopic (exact) mass is 907 g/mol. The van der Waals surface area contributed by atoms with E-state index in [9.17, 15) is 0 Å². The van der Waals surface area contributed by atoms with Gasteiger partial charge >= 0.3 is 0 Å². The minimum Gasteiger partial charge on any atom is -0.309 e. The van der Waals surface area contributed by atoms with Crippen molar-refractivity contribution >= 4 is 94.2 Å². The Morgan fingerprint density at radius 1 is 0.229 bits per heavy atom. The predicted molar refractivity (Wildman–Crippen MR) is 299 cm³/mol. The standard InChI is InChI=1S/C66H45N3Si/c1-5-24-46(25-6-1)50-32-13-18-38-57(50)68-60-41-21-16-35-53(60)55-37-23-43-62(64(55)68)69-61-42-22-17-36-54(61)56-44-45-63(67-58-39-19-14-33-51(58)52-34-15-20-40-59(52)67)66(65(56)69)70(47-26-7-2-8-27-47,48-28-9-3-10-29-48)49-30-11-4-12-31-49/h1-45H. The minimum atomic E-state index is -3.35. The van der Waals surface area contributed by atoms with Crippen LogP contribution in [-0.2, 0) is 0 Å². The molecule has 14 aromatic rings. The summed E-state index contributed by atoms with van der Waals surface area (Å²) >= 11 is 0. The van der Waals surface area contributed by atoms with Crippen LogP contribution in [0.25, 0.3) is 93.6 Å².